The normalized spacial score (nSPS) is 19.7. The highest BCUT2D eigenvalue weighted by atomic mass is 19.1. The molecular formula is C25H32FN7O2. The van der Waals surface area contributed by atoms with Crippen molar-refractivity contribution in [2.24, 2.45) is 5.41 Å². The first-order valence-corrected chi connectivity index (χ1v) is 12.3. The van der Waals surface area contributed by atoms with Gasteiger partial charge in [-0.1, -0.05) is 0 Å². The van der Waals surface area contributed by atoms with Crippen LogP contribution in [0.2, 0.25) is 0 Å². The molecule has 10 heteroatoms. The Balaban J connectivity index is 1.25. The molecule has 0 bridgehead atoms. The van der Waals surface area contributed by atoms with Crippen molar-refractivity contribution in [3.8, 4) is 0 Å². The lowest BCUT2D eigenvalue weighted by Crippen LogP contribution is -2.48. The Hall–Kier alpha value is -3.43. The second-order valence-electron chi connectivity index (χ2n) is 9.76. The number of nitrogens with zero attached hydrogens (tertiary/aromatic N) is 5. The van der Waals surface area contributed by atoms with Gasteiger partial charge in [-0.3, -0.25) is 9.59 Å². The lowest BCUT2D eigenvalue weighted by atomic mass is 9.77. The van der Waals surface area contributed by atoms with Gasteiger partial charge in [-0.05, 0) is 44.4 Å². The molecule has 1 spiro atoms. The average molecular weight is 482 g/mol. The zero-order valence-electron chi connectivity index (χ0n) is 20.3. The molecule has 1 aromatic carbocycles. The van der Waals surface area contributed by atoms with E-state index in [9.17, 15) is 14.0 Å². The Morgan fingerprint density at radius 1 is 1.09 bits per heavy atom. The van der Waals surface area contributed by atoms with Crippen molar-refractivity contribution in [3.63, 3.8) is 0 Å². The van der Waals surface area contributed by atoms with Crippen LogP contribution in [0, 0.1) is 18.2 Å². The number of benzene rings is 1. The summed E-state index contributed by atoms with van der Waals surface area (Å²) in [5.74, 6) is 1.16. The Labute approximate surface area is 204 Å². The number of amides is 2. The number of hydrogen-bond acceptors (Lipinski definition) is 7. The summed E-state index contributed by atoms with van der Waals surface area (Å²) in [6.45, 7) is 8.24. The van der Waals surface area contributed by atoms with Crippen LogP contribution in [0.15, 0.2) is 24.4 Å². The first kappa shape index (κ1) is 23.3. The van der Waals surface area contributed by atoms with Gasteiger partial charge in [0.2, 0.25) is 17.8 Å². The van der Waals surface area contributed by atoms with Crippen LogP contribution in [0.5, 0.6) is 0 Å². The smallest absolute Gasteiger partial charge is 0.229 e. The third-order valence-electron chi connectivity index (χ3n) is 7.61. The number of nitrogens with one attached hydrogen (secondary N) is 2. The predicted molar refractivity (Wildman–Crippen MR) is 132 cm³/mol. The largest absolute Gasteiger partial charge is 0.366 e. The molecule has 3 fully saturated rings. The minimum Gasteiger partial charge on any atom is -0.366 e. The number of piperazine rings is 1. The molecule has 2 N–H and O–H groups in total. The standard InChI is InChI=1S/C25H32FN7O2/c1-17-16-28-24(30-22(17)33-9-6-25(7-10-33)5-8-27-23(25)35)29-19-3-4-21(20(26)15-19)32-13-11-31(12-14-32)18(2)34/h3-4,15-16H,5-14H2,1-2H3,(H,27,35)(H,28,29,30). The number of hydrogen-bond donors (Lipinski definition) is 2. The maximum atomic E-state index is 15.0. The van der Waals surface area contributed by atoms with E-state index in [0.717, 1.165) is 50.3 Å². The van der Waals surface area contributed by atoms with Gasteiger partial charge in [0, 0.05) is 70.2 Å². The van der Waals surface area contributed by atoms with Crippen LogP contribution in [0.4, 0.5) is 27.5 Å². The summed E-state index contributed by atoms with van der Waals surface area (Å²) in [6, 6.07) is 5.04. The molecule has 0 saturated carbocycles. The molecule has 0 radical (unpaired) electrons. The number of carbonyl (C=O) groups is 2. The number of piperidine rings is 1. The van der Waals surface area contributed by atoms with Gasteiger partial charge >= 0.3 is 0 Å². The molecule has 3 aliphatic heterocycles. The summed E-state index contributed by atoms with van der Waals surface area (Å²) < 4.78 is 15.0. The summed E-state index contributed by atoms with van der Waals surface area (Å²) in [4.78, 5) is 38.9. The predicted octanol–water partition coefficient (Wildman–Crippen LogP) is 2.44. The van der Waals surface area contributed by atoms with Gasteiger partial charge in [0.25, 0.3) is 0 Å². The molecule has 9 nitrogen and oxygen atoms in total. The van der Waals surface area contributed by atoms with Crippen LogP contribution in [0.25, 0.3) is 0 Å². The maximum Gasteiger partial charge on any atom is 0.229 e. The van der Waals surface area contributed by atoms with Gasteiger partial charge in [-0.15, -0.1) is 0 Å². The SMILES string of the molecule is CC(=O)N1CCN(c2ccc(Nc3ncc(C)c(N4CCC5(CCNC5=O)CC4)n3)cc2F)CC1. The molecule has 0 aliphatic carbocycles. The van der Waals surface area contributed by atoms with Crippen molar-refractivity contribution >= 4 is 35.0 Å². The summed E-state index contributed by atoms with van der Waals surface area (Å²) in [5.41, 5.74) is 1.84. The van der Waals surface area contributed by atoms with E-state index in [1.165, 1.54) is 6.07 Å². The lowest BCUT2D eigenvalue weighted by molar-refractivity contribution is -0.129. The number of rotatable bonds is 4. The number of aromatic nitrogens is 2. The number of aryl methyl sites for hydroxylation is 1. The Bertz CT molecular complexity index is 1120. The minimum atomic E-state index is -0.324. The monoisotopic (exact) mass is 481 g/mol. The van der Waals surface area contributed by atoms with Crippen molar-refractivity contribution < 1.29 is 14.0 Å². The van der Waals surface area contributed by atoms with E-state index in [0.29, 0.717) is 43.5 Å². The summed E-state index contributed by atoms with van der Waals surface area (Å²) >= 11 is 0. The fourth-order valence-corrected chi connectivity index (χ4v) is 5.39. The highest BCUT2D eigenvalue weighted by Crippen LogP contribution is 2.39. The minimum absolute atomic E-state index is 0.0511. The lowest BCUT2D eigenvalue weighted by Gasteiger charge is -2.38. The van der Waals surface area contributed by atoms with Crippen LogP contribution < -0.4 is 20.4 Å². The number of anilines is 4. The Morgan fingerprint density at radius 2 is 1.83 bits per heavy atom. The third kappa shape index (κ3) is 4.61. The van der Waals surface area contributed by atoms with E-state index in [1.807, 2.05) is 17.9 Å². The molecule has 0 atom stereocenters. The van der Waals surface area contributed by atoms with Gasteiger partial charge in [0.15, 0.2) is 0 Å². The summed E-state index contributed by atoms with van der Waals surface area (Å²) in [6.07, 6.45) is 4.32. The second-order valence-corrected chi connectivity index (χ2v) is 9.76. The van der Waals surface area contributed by atoms with Gasteiger partial charge in [0.1, 0.15) is 11.6 Å². The third-order valence-corrected chi connectivity index (χ3v) is 7.61. The van der Waals surface area contributed by atoms with Crippen molar-refractivity contribution in [2.75, 3.05) is 60.9 Å². The van der Waals surface area contributed by atoms with Crippen LogP contribution in [-0.2, 0) is 9.59 Å². The summed E-state index contributed by atoms with van der Waals surface area (Å²) in [5, 5.41) is 6.11. The number of carbonyl (C=O) groups excluding carboxylic acids is 2. The zero-order chi connectivity index (χ0) is 24.6. The molecule has 4 heterocycles. The highest BCUT2D eigenvalue weighted by molar-refractivity contribution is 5.85. The Kier molecular flexibility index (Phi) is 6.21. The van der Waals surface area contributed by atoms with Crippen LogP contribution in [-0.4, -0.2) is 72.5 Å². The molecule has 2 aromatic rings. The van der Waals surface area contributed by atoms with Crippen LogP contribution >= 0.6 is 0 Å². The van der Waals surface area contributed by atoms with E-state index >= 15 is 0 Å². The van der Waals surface area contributed by atoms with E-state index in [2.05, 4.69) is 20.5 Å². The molecule has 2 amide bonds. The van der Waals surface area contributed by atoms with Gasteiger partial charge in [0.05, 0.1) is 11.1 Å². The average Bonchev–Trinajstić information content (AvgIpc) is 3.20. The van der Waals surface area contributed by atoms with E-state index in [4.69, 9.17) is 4.98 Å². The molecule has 1 aromatic heterocycles. The first-order valence-electron chi connectivity index (χ1n) is 12.3. The van der Waals surface area contributed by atoms with E-state index < -0.39 is 0 Å². The van der Waals surface area contributed by atoms with Crippen molar-refractivity contribution in [1.29, 1.82) is 0 Å². The molecule has 186 valence electrons. The van der Waals surface area contributed by atoms with Gasteiger partial charge in [-0.25, -0.2) is 9.37 Å². The molecular weight excluding hydrogens is 449 g/mol. The molecule has 0 unspecified atom stereocenters. The van der Waals surface area contributed by atoms with E-state index in [-0.39, 0.29) is 23.0 Å². The molecule has 3 saturated heterocycles. The molecule has 5 rings (SSSR count). The highest BCUT2D eigenvalue weighted by Gasteiger charge is 2.44. The van der Waals surface area contributed by atoms with E-state index in [1.54, 1.807) is 24.1 Å². The fourth-order valence-electron chi connectivity index (χ4n) is 5.39. The van der Waals surface area contributed by atoms with Crippen molar-refractivity contribution in [1.82, 2.24) is 20.2 Å². The van der Waals surface area contributed by atoms with Crippen LogP contribution in [0.3, 0.4) is 0 Å². The number of halogens is 1. The fraction of sp³-hybridized carbons (Fsp3) is 0.520. The van der Waals surface area contributed by atoms with Gasteiger partial charge in [-0.2, -0.15) is 4.98 Å². The second kappa shape index (κ2) is 9.31. The zero-order valence-corrected chi connectivity index (χ0v) is 20.3. The Morgan fingerprint density at radius 3 is 2.46 bits per heavy atom. The topological polar surface area (TPSA) is 93.7 Å². The van der Waals surface area contributed by atoms with Crippen molar-refractivity contribution in [2.45, 2.75) is 33.1 Å². The quantitative estimate of drug-likeness (QED) is 0.693. The van der Waals surface area contributed by atoms with Crippen molar-refractivity contribution in [3.05, 3.63) is 35.8 Å². The first-order chi connectivity index (χ1) is 16.8. The maximum absolute atomic E-state index is 15.0. The summed E-state index contributed by atoms with van der Waals surface area (Å²) in [7, 11) is 0. The van der Waals surface area contributed by atoms with Crippen LogP contribution in [0.1, 0.15) is 31.7 Å². The molecule has 35 heavy (non-hydrogen) atoms. The van der Waals surface area contributed by atoms with Gasteiger partial charge < -0.3 is 25.3 Å². The molecule has 3 aliphatic rings.